The van der Waals surface area contributed by atoms with Crippen molar-refractivity contribution < 1.29 is 52.5 Å². The van der Waals surface area contributed by atoms with E-state index in [1.807, 2.05) is 12.1 Å². The third kappa shape index (κ3) is 20.5. The van der Waals surface area contributed by atoms with Crippen molar-refractivity contribution in [2.45, 2.75) is 131 Å². The van der Waals surface area contributed by atoms with E-state index in [1.54, 1.807) is 74.4 Å². The van der Waals surface area contributed by atoms with Gasteiger partial charge in [-0.25, -0.2) is 19.4 Å². The summed E-state index contributed by atoms with van der Waals surface area (Å²) >= 11 is 6.60. The van der Waals surface area contributed by atoms with Crippen LogP contribution < -0.4 is 15.4 Å². The quantitative estimate of drug-likeness (QED) is 0.0613. The van der Waals surface area contributed by atoms with E-state index in [0.717, 1.165) is 16.7 Å². The topological polar surface area (TPSA) is 196 Å². The third-order valence-electron chi connectivity index (χ3n) is 7.91. The van der Waals surface area contributed by atoms with E-state index < -0.39 is 40.9 Å². The minimum Gasteiger partial charge on any atom is -0.459 e. The van der Waals surface area contributed by atoms with Crippen LogP contribution in [0.25, 0.3) is 0 Å². The van der Waals surface area contributed by atoms with E-state index in [4.69, 9.17) is 40.1 Å². The molecule has 62 heavy (non-hydrogen) atoms. The molecule has 0 aromatic heterocycles. The minimum atomic E-state index is -0.846. The molecular weight excluding hydrogens is 820 g/mol. The van der Waals surface area contributed by atoms with Crippen LogP contribution in [0.1, 0.15) is 123 Å². The van der Waals surface area contributed by atoms with Gasteiger partial charge in [-0.3, -0.25) is 20.2 Å². The van der Waals surface area contributed by atoms with Crippen LogP contribution >= 0.6 is 11.6 Å². The average Bonchev–Trinajstić information content (AvgIpc) is 3.10. The summed E-state index contributed by atoms with van der Waals surface area (Å²) in [4.78, 5) is 86.3. The summed E-state index contributed by atoms with van der Waals surface area (Å²) in [6, 6.07) is 18.8. The second-order valence-corrected chi connectivity index (χ2v) is 18.5. The van der Waals surface area contributed by atoms with Crippen LogP contribution in [0.4, 0.5) is 15.3 Å². The molecule has 0 aliphatic carbocycles. The molecule has 0 spiro atoms. The van der Waals surface area contributed by atoms with Crippen molar-refractivity contribution in [3.63, 3.8) is 0 Å². The summed E-state index contributed by atoms with van der Waals surface area (Å²) in [5, 5.41) is 5.17. The minimum absolute atomic E-state index is 0.0789. The van der Waals surface area contributed by atoms with E-state index in [9.17, 15) is 24.0 Å². The van der Waals surface area contributed by atoms with Crippen molar-refractivity contribution in [3.8, 4) is 5.75 Å². The molecule has 15 nitrogen and oxygen atoms in total. The number of hydrogen-bond donors (Lipinski definition) is 2. The SMILES string of the molecule is CC(C)(C)OC(=O)CN(Cc1cccc(C(C)(C)C)c1)C(=O)CCCc1ccc(OC(=O)c2ccc(N=C(NC(=O)OC(C)(C)C)NC(=O)OC(C)(C)C)cc2)cc1Cl.O=C=O. The number of hydrogen-bond acceptors (Lipinski definition) is 12. The van der Waals surface area contributed by atoms with E-state index in [2.05, 4.69) is 48.5 Å². The Morgan fingerprint density at radius 1 is 0.726 bits per heavy atom. The fourth-order valence-corrected chi connectivity index (χ4v) is 5.62. The van der Waals surface area contributed by atoms with Crippen LogP contribution in [0.2, 0.25) is 5.02 Å². The van der Waals surface area contributed by atoms with Crippen molar-refractivity contribution in [1.82, 2.24) is 15.5 Å². The molecule has 3 amide bonds. The lowest BCUT2D eigenvalue weighted by Crippen LogP contribution is -2.47. The van der Waals surface area contributed by atoms with Crippen LogP contribution in [-0.4, -0.2) is 70.4 Å². The molecule has 0 radical (unpaired) electrons. The first-order valence-corrected chi connectivity index (χ1v) is 20.2. The molecule has 16 heteroatoms. The van der Waals surface area contributed by atoms with Gasteiger partial charge in [-0.15, -0.1) is 0 Å². The number of benzene rings is 3. The second-order valence-electron chi connectivity index (χ2n) is 18.1. The number of nitrogens with zero attached hydrogens (tertiary/aromatic N) is 2. The Kier molecular flexibility index (Phi) is 19.1. The number of esters is 2. The van der Waals surface area contributed by atoms with Gasteiger partial charge in [0.15, 0.2) is 0 Å². The third-order valence-corrected chi connectivity index (χ3v) is 8.27. The van der Waals surface area contributed by atoms with E-state index in [0.29, 0.717) is 17.9 Å². The maximum Gasteiger partial charge on any atom is 0.414 e. The largest absolute Gasteiger partial charge is 0.459 e. The van der Waals surface area contributed by atoms with Gasteiger partial charge in [0.05, 0.1) is 11.3 Å². The molecule has 0 atom stereocenters. The van der Waals surface area contributed by atoms with Crippen molar-refractivity contribution in [3.05, 3.63) is 94.0 Å². The van der Waals surface area contributed by atoms with E-state index in [-0.39, 0.29) is 59.9 Å². The molecule has 0 heterocycles. The number of guanidine groups is 1. The second kappa shape index (κ2) is 22.7. The van der Waals surface area contributed by atoms with Crippen molar-refractivity contribution in [2.24, 2.45) is 4.99 Å². The molecule has 0 fully saturated rings. The Hall–Kier alpha value is -6.05. The highest BCUT2D eigenvalue weighted by Crippen LogP contribution is 2.27. The first-order valence-electron chi connectivity index (χ1n) is 19.8. The molecule has 3 aromatic rings. The molecule has 0 aliphatic rings. The van der Waals surface area contributed by atoms with Gasteiger partial charge in [0, 0.05) is 18.0 Å². The number of aryl methyl sites for hydroxylation is 1. The molecule has 0 saturated carbocycles. The zero-order valence-corrected chi connectivity index (χ0v) is 38.4. The monoisotopic (exact) mass is 878 g/mol. The highest BCUT2D eigenvalue weighted by molar-refractivity contribution is 6.31. The molecule has 0 saturated heterocycles. The molecule has 3 aromatic carbocycles. The number of ether oxygens (including phenoxy) is 4. The highest BCUT2D eigenvalue weighted by Gasteiger charge is 2.24. The maximum atomic E-state index is 13.5. The average molecular weight is 879 g/mol. The lowest BCUT2D eigenvalue weighted by Gasteiger charge is -2.26. The van der Waals surface area contributed by atoms with Gasteiger partial charge in [0.25, 0.3) is 0 Å². The zero-order chi connectivity index (χ0) is 47.1. The first kappa shape index (κ1) is 52.1. The summed E-state index contributed by atoms with van der Waals surface area (Å²) in [7, 11) is 0. The number of carbonyl (C=O) groups is 5. The van der Waals surface area contributed by atoms with Crippen LogP contribution in [0.15, 0.2) is 71.7 Å². The van der Waals surface area contributed by atoms with Crippen LogP contribution in [-0.2, 0) is 51.8 Å². The summed E-state index contributed by atoms with van der Waals surface area (Å²) in [6.07, 6.45) is -0.345. The Morgan fingerprint density at radius 2 is 1.27 bits per heavy atom. The number of nitrogens with one attached hydrogen (secondary N) is 2. The molecule has 0 unspecified atom stereocenters. The fourth-order valence-electron chi connectivity index (χ4n) is 5.36. The van der Waals surface area contributed by atoms with Crippen LogP contribution in [0.3, 0.4) is 0 Å². The zero-order valence-electron chi connectivity index (χ0n) is 37.6. The van der Waals surface area contributed by atoms with Crippen molar-refractivity contribution >= 4 is 59.4 Å². The van der Waals surface area contributed by atoms with Gasteiger partial charge >= 0.3 is 30.3 Å². The Morgan fingerprint density at radius 3 is 1.77 bits per heavy atom. The first-order chi connectivity index (χ1) is 28.6. The van der Waals surface area contributed by atoms with Gasteiger partial charge in [0.1, 0.15) is 29.1 Å². The predicted molar refractivity (Wildman–Crippen MR) is 233 cm³/mol. The summed E-state index contributed by atoms with van der Waals surface area (Å²) in [5.41, 5.74) is 0.918. The molecule has 336 valence electrons. The summed E-state index contributed by atoms with van der Waals surface area (Å²) in [5.74, 6) is -1.36. The van der Waals surface area contributed by atoms with Gasteiger partial charge in [-0.1, -0.05) is 62.7 Å². The smallest absolute Gasteiger partial charge is 0.414 e. The number of halogens is 1. The van der Waals surface area contributed by atoms with Crippen LogP contribution in [0.5, 0.6) is 5.75 Å². The number of carbonyl (C=O) groups excluding carboxylic acids is 7. The predicted octanol–water partition coefficient (Wildman–Crippen LogP) is 9.00. The normalized spacial score (nSPS) is 11.4. The highest BCUT2D eigenvalue weighted by atomic mass is 35.5. The number of rotatable bonds is 11. The van der Waals surface area contributed by atoms with Gasteiger partial charge in [0.2, 0.25) is 11.9 Å². The van der Waals surface area contributed by atoms with E-state index in [1.165, 1.54) is 35.2 Å². The molecule has 2 N–H and O–H groups in total. The molecule has 0 aliphatic heterocycles. The Balaban J connectivity index is 0.00000428. The van der Waals surface area contributed by atoms with E-state index >= 15 is 0 Å². The summed E-state index contributed by atoms with van der Waals surface area (Å²) < 4.78 is 21.7. The maximum absolute atomic E-state index is 13.5. The van der Waals surface area contributed by atoms with Gasteiger partial charge in [-0.2, -0.15) is 9.59 Å². The van der Waals surface area contributed by atoms with Gasteiger partial charge < -0.3 is 23.8 Å². The van der Waals surface area contributed by atoms with Gasteiger partial charge in [-0.05, 0) is 134 Å². The Bertz CT molecular complexity index is 2070. The number of aliphatic imine (C=N–C) groups is 1. The van der Waals surface area contributed by atoms with Crippen LogP contribution in [0, 0.1) is 0 Å². The summed E-state index contributed by atoms with van der Waals surface area (Å²) in [6.45, 7) is 22.0. The van der Waals surface area contributed by atoms with Crippen molar-refractivity contribution in [1.29, 1.82) is 0 Å². The molecule has 3 rings (SSSR count). The molecular formula is C46H59ClN4O11. The Labute approximate surface area is 368 Å². The number of amides is 3. The molecule has 0 bridgehead atoms. The standard InChI is InChI=1S/C45H59ClN4O9.CO2/c1-42(2,3)32-17-13-15-29(25-32)27-50(28-37(52)57-43(4,5)6)36(51)18-14-16-30-21-24-34(26-35(30)46)56-38(53)31-19-22-33(23-20-31)47-39(48-40(54)58-44(7,8)9)49-41(55)59-45(10,11)12;2-1-3/h13,15,17,19-26H,14,16,18,27-28H2,1-12H3,(H2,47,48,49,54,55);. The lowest BCUT2D eigenvalue weighted by molar-refractivity contribution is -0.191. The fraction of sp³-hybridized carbons (Fsp3) is 0.457. The van der Waals surface area contributed by atoms with Crippen molar-refractivity contribution in [2.75, 3.05) is 6.54 Å². The number of alkyl carbamates (subject to hydrolysis) is 2. The lowest BCUT2D eigenvalue weighted by atomic mass is 9.86.